The molecule has 11 heteroatoms. The van der Waals surface area contributed by atoms with Crippen molar-refractivity contribution >= 4 is 23.3 Å². The van der Waals surface area contributed by atoms with Gasteiger partial charge in [0, 0.05) is 49.7 Å². The number of fused-ring (bicyclic) bond motifs is 9. The van der Waals surface area contributed by atoms with Gasteiger partial charge in [0.15, 0.2) is 11.8 Å². The van der Waals surface area contributed by atoms with Crippen LogP contribution in [0.4, 0.5) is 5.82 Å². The largest absolute Gasteiger partial charge is 0.495 e. The van der Waals surface area contributed by atoms with Crippen LogP contribution in [-0.4, -0.2) is 62.5 Å². The predicted octanol–water partition coefficient (Wildman–Crippen LogP) is 4.51. The fourth-order valence-corrected chi connectivity index (χ4v) is 5.49. The number of carboxylic acids is 1. The van der Waals surface area contributed by atoms with Crippen LogP contribution in [0.3, 0.4) is 0 Å². The Morgan fingerprint density at radius 1 is 1.21 bits per heavy atom. The highest BCUT2D eigenvalue weighted by Crippen LogP contribution is 2.37. The van der Waals surface area contributed by atoms with Gasteiger partial charge in [-0.3, -0.25) is 4.79 Å². The molecule has 0 unspecified atom stereocenters. The summed E-state index contributed by atoms with van der Waals surface area (Å²) in [5.74, 6) is 0.0484. The fourth-order valence-electron chi connectivity index (χ4n) is 5.49. The highest BCUT2D eigenvalue weighted by Gasteiger charge is 2.38. The quantitative estimate of drug-likeness (QED) is 0.452. The van der Waals surface area contributed by atoms with Gasteiger partial charge in [-0.1, -0.05) is 18.2 Å². The van der Waals surface area contributed by atoms with E-state index in [0.717, 1.165) is 5.56 Å². The molecule has 0 saturated carbocycles. The Morgan fingerprint density at radius 2 is 1.95 bits per heavy atom. The molecule has 3 aliphatic heterocycles. The average Bonchev–Trinajstić information content (AvgIpc) is 3.34. The first-order chi connectivity index (χ1) is 20.4. The molecule has 43 heavy (non-hydrogen) atoms. The number of amides is 1. The van der Waals surface area contributed by atoms with Crippen LogP contribution in [0.5, 0.6) is 5.75 Å². The normalized spacial score (nSPS) is 19.2. The highest BCUT2D eigenvalue weighted by atomic mass is 16.5. The summed E-state index contributed by atoms with van der Waals surface area (Å²) < 4.78 is 20.0. The Hall–Kier alpha value is -4.12. The highest BCUT2D eigenvalue weighted by molar-refractivity contribution is 5.80. The second kappa shape index (κ2) is 12.2. The van der Waals surface area contributed by atoms with Crippen molar-refractivity contribution in [1.82, 2.24) is 19.9 Å². The molecule has 1 saturated heterocycles. The number of carbonyl (C=O) groups excluding carboxylic acids is 1. The van der Waals surface area contributed by atoms with E-state index in [4.69, 9.17) is 24.3 Å². The van der Waals surface area contributed by atoms with E-state index in [2.05, 4.69) is 17.1 Å². The third-order valence-electron chi connectivity index (χ3n) is 7.71. The number of anilines is 1. The molecule has 1 aromatic carbocycles. The molecule has 0 aliphatic carbocycles. The maximum absolute atomic E-state index is 12.9. The number of piperidine rings is 1. The summed E-state index contributed by atoms with van der Waals surface area (Å²) in [6, 6.07) is 9.35. The van der Waals surface area contributed by atoms with Gasteiger partial charge in [0.05, 0.1) is 42.7 Å². The van der Waals surface area contributed by atoms with Gasteiger partial charge < -0.3 is 29.5 Å². The van der Waals surface area contributed by atoms with E-state index in [1.165, 1.54) is 0 Å². The standard InChI is InChI=1S/C32H41N5O6/c1-21-27(28(30(39)40)43-31(2,3)4)29-36-14-12-32(5,13-15-36)42-17-9-8-16-41-24-11-7-6-10-22(24)18-26(38)33-20-23-19-25(34-21)37(29)35-23/h6-7,9-11,17,19,28H,8,12-16,18,20H2,1-5H3,(H,33,38)(H,39,40)/b17-9-/t28-/m0/s1. The first-order valence-corrected chi connectivity index (χ1v) is 14.8. The van der Waals surface area contributed by atoms with Gasteiger partial charge in [0.1, 0.15) is 17.2 Å². The second-order valence-corrected chi connectivity index (χ2v) is 12.4. The van der Waals surface area contributed by atoms with Crippen LogP contribution in [0.15, 0.2) is 42.7 Å². The molecule has 3 aliphatic rings. The van der Waals surface area contributed by atoms with E-state index in [1.807, 2.05) is 57.2 Å². The summed E-state index contributed by atoms with van der Waals surface area (Å²) in [4.78, 5) is 32.5. The number of hydrogen-bond donors (Lipinski definition) is 2. The molecular formula is C32H41N5O6. The van der Waals surface area contributed by atoms with Crippen molar-refractivity contribution in [2.24, 2.45) is 0 Å². The number of benzene rings is 1. The van der Waals surface area contributed by atoms with Crippen molar-refractivity contribution in [2.45, 2.75) is 84.2 Å². The smallest absolute Gasteiger partial charge is 0.337 e. The lowest BCUT2D eigenvalue weighted by Gasteiger charge is -2.41. The van der Waals surface area contributed by atoms with Crippen LogP contribution in [0.2, 0.25) is 0 Å². The summed E-state index contributed by atoms with van der Waals surface area (Å²) in [6.45, 7) is 11.3. The van der Waals surface area contributed by atoms with Gasteiger partial charge >= 0.3 is 5.97 Å². The maximum Gasteiger partial charge on any atom is 0.337 e. The van der Waals surface area contributed by atoms with Gasteiger partial charge in [0.25, 0.3) is 0 Å². The number of hydrogen-bond acceptors (Lipinski definition) is 8. The molecular weight excluding hydrogens is 550 g/mol. The lowest BCUT2D eigenvalue weighted by atomic mass is 9.92. The molecule has 2 aromatic heterocycles. The van der Waals surface area contributed by atoms with Crippen molar-refractivity contribution in [3.05, 3.63) is 65.2 Å². The molecule has 11 nitrogen and oxygen atoms in total. The first-order valence-electron chi connectivity index (χ1n) is 14.8. The van der Waals surface area contributed by atoms with Gasteiger partial charge in [-0.15, -0.1) is 0 Å². The number of aliphatic carboxylic acids is 1. The molecule has 0 spiro atoms. The van der Waals surface area contributed by atoms with Gasteiger partial charge in [-0.2, -0.15) is 9.61 Å². The first kappa shape index (κ1) is 30.3. The minimum absolute atomic E-state index is 0.159. The Labute approximate surface area is 251 Å². The van der Waals surface area contributed by atoms with Crippen molar-refractivity contribution in [3.63, 3.8) is 0 Å². The summed E-state index contributed by atoms with van der Waals surface area (Å²) in [7, 11) is 0. The Morgan fingerprint density at radius 3 is 2.67 bits per heavy atom. The number of carbonyl (C=O) groups is 2. The molecule has 1 atom stereocenters. The number of para-hydroxylation sites is 1. The number of carboxylic acid groups (broad SMARTS) is 1. The van der Waals surface area contributed by atoms with Crippen LogP contribution in [0, 0.1) is 6.92 Å². The van der Waals surface area contributed by atoms with E-state index >= 15 is 0 Å². The maximum atomic E-state index is 12.9. The van der Waals surface area contributed by atoms with Crippen molar-refractivity contribution in [3.8, 4) is 5.75 Å². The van der Waals surface area contributed by atoms with Crippen molar-refractivity contribution in [1.29, 1.82) is 0 Å². The van der Waals surface area contributed by atoms with Crippen LogP contribution < -0.4 is 15.0 Å². The minimum atomic E-state index is -1.25. The molecule has 1 amide bonds. The number of rotatable bonds is 3. The Balaban J connectivity index is 1.57. The zero-order chi connectivity index (χ0) is 30.8. The van der Waals surface area contributed by atoms with Gasteiger partial charge in [0.2, 0.25) is 5.91 Å². The topological polar surface area (TPSA) is 128 Å². The third-order valence-corrected chi connectivity index (χ3v) is 7.71. The zero-order valence-electron chi connectivity index (χ0n) is 25.6. The second-order valence-electron chi connectivity index (χ2n) is 12.4. The van der Waals surface area contributed by atoms with Crippen molar-refractivity contribution in [2.75, 3.05) is 24.6 Å². The number of nitrogens with zero attached hydrogens (tertiary/aromatic N) is 4. The fraction of sp³-hybridized carbons (Fsp3) is 0.500. The molecule has 2 N–H and O–H groups in total. The Bertz CT molecular complexity index is 1520. The van der Waals surface area contributed by atoms with E-state index < -0.39 is 17.7 Å². The van der Waals surface area contributed by atoms with E-state index in [1.54, 1.807) is 17.7 Å². The van der Waals surface area contributed by atoms with E-state index in [9.17, 15) is 14.7 Å². The van der Waals surface area contributed by atoms with Gasteiger partial charge in [-0.05, 0) is 46.8 Å². The van der Waals surface area contributed by atoms with E-state index in [0.29, 0.717) is 73.1 Å². The monoisotopic (exact) mass is 591 g/mol. The summed E-state index contributed by atoms with van der Waals surface area (Å²) in [6.07, 6.45) is 4.69. The van der Waals surface area contributed by atoms with E-state index in [-0.39, 0.29) is 24.5 Å². The van der Waals surface area contributed by atoms with Gasteiger partial charge in [-0.25, -0.2) is 9.78 Å². The average molecular weight is 592 g/mol. The third kappa shape index (κ3) is 7.10. The van der Waals surface area contributed by atoms with Crippen LogP contribution in [-0.2, 0) is 32.0 Å². The Kier molecular flexibility index (Phi) is 8.64. The number of ether oxygens (including phenoxy) is 3. The lowest BCUT2D eigenvalue weighted by Crippen LogP contribution is -2.45. The summed E-state index contributed by atoms with van der Waals surface area (Å²) in [5.41, 5.74) is 1.90. The lowest BCUT2D eigenvalue weighted by molar-refractivity contribution is -0.160. The zero-order valence-corrected chi connectivity index (χ0v) is 25.6. The van der Waals surface area contributed by atoms with Crippen LogP contribution in [0.25, 0.3) is 5.65 Å². The predicted molar refractivity (Wildman–Crippen MR) is 161 cm³/mol. The van der Waals surface area contributed by atoms with Crippen LogP contribution >= 0.6 is 0 Å². The molecule has 3 aromatic rings. The summed E-state index contributed by atoms with van der Waals surface area (Å²) >= 11 is 0. The minimum Gasteiger partial charge on any atom is -0.495 e. The molecule has 4 bridgehead atoms. The summed E-state index contributed by atoms with van der Waals surface area (Å²) in [5, 5.41) is 18.1. The van der Waals surface area contributed by atoms with Crippen molar-refractivity contribution < 1.29 is 28.9 Å². The SMILES string of the molecule is Cc1nc2cc3nn2c(c1[C@H](OC(C)(C)C)C(=O)O)N1CCC(C)(CC1)O/C=C\CCOc1ccccc1CC(=O)NC3. The number of aromatic nitrogens is 3. The van der Waals surface area contributed by atoms with Crippen LogP contribution in [0.1, 0.15) is 75.6 Å². The number of nitrogens with one attached hydrogen (secondary N) is 1. The number of aryl methyl sites for hydroxylation is 1. The molecule has 6 rings (SSSR count). The molecule has 5 heterocycles. The molecule has 1 fully saturated rings. The molecule has 230 valence electrons. The molecule has 0 radical (unpaired) electrons.